The molecule has 0 atom stereocenters. The summed E-state index contributed by atoms with van der Waals surface area (Å²) in [6.07, 6.45) is 6.02. The Morgan fingerprint density at radius 3 is 2.53 bits per heavy atom. The van der Waals surface area contributed by atoms with Crippen molar-refractivity contribution in [1.82, 2.24) is 14.5 Å². The van der Waals surface area contributed by atoms with Crippen molar-refractivity contribution in [3.05, 3.63) is 72.1 Å². The van der Waals surface area contributed by atoms with Crippen molar-refractivity contribution in [2.24, 2.45) is 0 Å². The van der Waals surface area contributed by atoms with Gasteiger partial charge in [0.2, 0.25) is 0 Å². The number of rotatable bonds is 6. The van der Waals surface area contributed by atoms with Crippen molar-refractivity contribution in [2.75, 3.05) is 40.0 Å². The second-order valence-electron chi connectivity index (χ2n) is 8.01. The molecule has 2 aromatic heterocycles. The summed E-state index contributed by atoms with van der Waals surface area (Å²) in [4.78, 5) is 6.99. The molecular formula is C26H26ClN3O2. The van der Waals surface area contributed by atoms with E-state index in [1.807, 2.05) is 36.7 Å². The topological polar surface area (TPSA) is 39.5 Å². The van der Waals surface area contributed by atoms with Gasteiger partial charge >= 0.3 is 0 Å². The number of hydrogen-bond acceptors (Lipinski definition) is 4. The van der Waals surface area contributed by atoms with Gasteiger partial charge in [-0.25, -0.2) is 0 Å². The lowest BCUT2D eigenvalue weighted by Gasteiger charge is -2.26. The van der Waals surface area contributed by atoms with Gasteiger partial charge in [0.1, 0.15) is 5.75 Å². The van der Waals surface area contributed by atoms with Crippen molar-refractivity contribution in [1.29, 1.82) is 0 Å². The van der Waals surface area contributed by atoms with Crippen molar-refractivity contribution >= 4 is 22.5 Å². The first-order valence-corrected chi connectivity index (χ1v) is 11.3. The number of morpholine rings is 1. The van der Waals surface area contributed by atoms with Crippen LogP contribution < -0.4 is 4.74 Å². The van der Waals surface area contributed by atoms with Crippen molar-refractivity contribution in [3.63, 3.8) is 0 Å². The number of methoxy groups -OCH3 is 1. The van der Waals surface area contributed by atoms with E-state index in [9.17, 15) is 0 Å². The van der Waals surface area contributed by atoms with E-state index in [1.54, 1.807) is 7.11 Å². The Bertz CT molecular complexity index is 1210. The lowest BCUT2D eigenvalue weighted by molar-refractivity contribution is 0.0365. The van der Waals surface area contributed by atoms with Gasteiger partial charge in [0.05, 0.1) is 30.9 Å². The summed E-state index contributed by atoms with van der Waals surface area (Å²) in [6, 6.07) is 16.3. The average Bonchev–Trinajstić information content (AvgIpc) is 3.23. The minimum Gasteiger partial charge on any atom is -0.497 e. The fourth-order valence-electron chi connectivity index (χ4n) is 4.32. The molecule has 0 amide bonds. The largest absolute Gasteiger partial charge is 0.497 e. The first-order chi connectivity index (χ1) is 15.7. The summed E-state index contributed by atoms with van der Waals surface area (Å²) >= 11 is 6.69. The molecule has 3 heterocycles. The van der Waals surface area contributed by atoms with Crippen LogP contribution >= 0.6 is 11.6 Å². The van der Waals surface area contributed by atoms with Gasteiger partial charge in [-0.3, -0.25) is 9.88 Å². The predicted molar refractivity (Wildman–Crippen MR) is 129 cm³/mol. The van der Waals surface area contributed by atoms with Crippen molar-refractivity contribution in [3.8, 4) is 28.0 Å². The number of aromatic nitrogens is 2. The zero-order valence-corrected chi connectivity index (χ0v) is 18.9. The molecule has 0 radical (unpaired) electrons. The monoisotopic (exact) mass is 447 g/mol. The van der Waals surface area contributed by atoms with Gasteiger partial charge < -0.3 is 14.0 Å². The smallest absolute Gasteiger partial charge is 0.118 e. The Morgan fingerprint density at radius 1 is 0.969 bits per heavy atom. The van der Waals surface area contributed by atoms with Crippen LogP contribution in [0.2, 0.25) is 5.02 Å². The highest BCUT2D eigenvalue weighted by atomic mass is 35.5. The molecule has 1 fully saturated rings. The van der Waals surface area contributed by atoms with Gasteiger partial charge in [-0.15, -0.1) is 0 Å². The lowest BCUT2D eigenvalue weighted by Crippen LogP contribution is -2.38. The Morgan fingerprint density at radius 2 is 1.75 bits per heavy atom. The fraction of sp³-hybridized carbons (Fsp3) is 0.269. The maximum atomic E-state index is 6.69. The molecule has 32 heavy (non-hydrogen) atoms. The van der Waals surface area contributed by atoms with Gasteiger partial charge in [-0.1, -0.05) is 29.8 Å². The van der Waals surface area contributed by atoms with Crippen molar-refractivity contribution < 1.29 is 9.47 Å². The quantitative estimate of drug-likeness (QED) is 0.398. The highest BCUT2D eigenvalue weighted by Crippen LogP contribution is 2.36. The maximum absolute atomic E-state index is 6.69. The summed E-state index contributed by atoms with van der Waals surface area (Å²) in [5.41, 5.74) is 5.47. The summed E-state index contributed by atoms with van der Waals surface area (Å²) in [5.74, 6) is 0.841. The molecule has 0 N–H and O–H groups in total. The average molecular weight is 448 g/mol. The highest BCUT2D eigenvalue weighted by molar-refractivity contribution is 6.36. The zero-order chi connectivity index (χ0) is 21.9. The van der Waals surface area contributed by atoms with Crippen LogP contribution in [0.5, 0.6) is 5.75 Å². The molecule has 1 saturated heterocycles. The second kappa shape index (κ2) is 9.33. The number of benzene rings is 2. The van der Waals surface area contributed by atoms with E-state index in [1.165, 1.54) is 0 Å². The molecule has 4 aromatic rings. The number of pyridine rings is 1. The minimum absolute atomic E-state index is 0.762. The number of halogens is 1. The van der Waals surface area contributed by atoms with E-state index >= 15 is 0 Å². The van der Waals surface area contributed by atoms with Crippen LogP contribution in [0.15, 0.2) is 67.1 Å². The molecule has 5 nitrogen and oxygen atoms in total. The van der Waals surface area contributed by atoms with Crippen LogP contribution in [0.25, 0.3) is 33.2 Å². The maximum Gasteiger partial charge on any atom is 0.118 e. The third-order valence-electron chi connectivity index (χ3n) is 6.09. The summed E-state index contributed by atoms with van der Waals surface area (Å²) in [5, 5.41) is 1.84. The van der Waals surface area contributed by atoms with Gasteiger partial charge in [0, 0.05) is 66.8 Å². The van der Waals surface area contributed by atoms with Crippen LogP contribution in [-0.4, -0.2) is 54.4 Å². The standard InChI is InChI=1S/C26H26ClN3O2/c1-31-22-7-5-19(6-8-22)20-15-21(17-28-16-20)23-18-30(10-9-29-11-13-32-14-12-29)25-4-2-3-24(27)26(23)25/h2-8,15-18H,9-14H2,1H3. The Balaban J connectivity index is 1.50. The van der Waals surface area contributed by atoms with E-state index in [-0.39, 0.29) is 0 Å². The fourth-order valence-corrected chi connectivity index (χ4v) is 4.59. The van der Waals surface area contributed by atoms with Crippen LogP contribution in [0.3, 0.4) is 0 Å². The highest BCUT2D eigenvalue weighted by Gasteiger charge is 2.16. The SMILES string of the molecule is COc1ccc(-c2cncc(-c3cn(CCN4CCOCC4)c4cccc(Cl)c34)c2)cc1. The Labute approximate surface area is 193 Å². The molecule has 0 bridgehead atoms. The van der Waals surface area contributed by atoms with Gasteiger partial charge in [0.25, 0.3) is 0 Å². The molecule has 0 aliphatic carbocycles. The Kier molecular flexibility index (Phi) is 6.12. The van der Waals surface area contributed by atoms with Gasteiger partial charge in [-0.05, 0) is 35.9 Å². The van der Waals surface area contributed by atoms with Crippen LogP contribution in [-0.2, 0) is 11.3 Å². The van der Waals surface area contributed by atoms with E-state index in [0.717, 1.165) is 83.3 Å². The number of ether oxygens (including phenoxy) is 2. The molecule has 6 heteroatoms. The molecule has 0 saturated carbocycles. The van der Waals surface area contributed by atoms with E-state index in [4.69, 9.17) is 21.1 Å². The minimum atomic E-state index is 0.762. The molecular weight excluding hydrogens is 422 g/mol. The molecule has 2 aromatic carbocycles. The summed E-state index contributed by atoms with van der Waals surface area (Å²) in [6.45, 7) is 5.49. The molecule has 1 aliphatic rings. The molecule has 1 aliphatic heterocycles. The first-order valence-electron chi connectivity index (χ1n) is 10.9. The van der Waals surface area contributed by atoms with Crippen LogP contribution in [0.1, 0.15) is 0 Å². The summed E-state index contributed by atoms with van der Waals surface area (Å²) in [7, 11) is 1.68. The van der Waals surface area contributed by atoms with Gasteiger partial charge in [-0.2, -0.15) is 0 Å². The lowest BCUT2D eigenvalue weighted by atomic mass is 10.0. The molecule has 5 rings (SSSR count). The zero-order valence-electron chi connectivity index (χ0n) is 18.1. The Hall–Kier alpha value is -2.86. The molecule has 164 valence electrons. The molecule has 0 spiro atoms. The van der Waals surface area contributed by atoms with E-state index < -0.39 is 0 Å². The molecule has 0 unspecified atom stereocenters. The number of hydrogen-bond donors (Lipinski definition) is 0. The van der Waals surface area contributed by atoms with Gasteiger partial charge in [0.15, 0.2) is 0 Å². The predicted octanol–water partition coefficient (Wildman–Crippen LogP) is 5.36. The normalized spacial score (nSPS) is 14.7. The third kappa shape index (κ3) is 4.24. The third-order valence-corrected chi connectivity index (χ3v) is 6.40. The summed E-state index contributed by atoms with van der Waals surface area (Å²) < 4.78 is 13.1. The number of fused-ring (bicyclic) bond motifs is 1. The van der Waals surface area contributed by atoms with Crippen LogP contribution in [0, 0.1) is 0 Å². The number of nitrogens with zero attached hydrogens (tertiary/aromatic N) is 3. The second-order valence-corrected chi connectivity index (χ2v) is 8.42. The van der Waals surface area contributed by atoms with E-state index in [2.05, 4.69) is 44.9 Å². The van der Waals surface area contributed by atoms with Crippen LogP contribution in [0.4, 0.5) is 0 Å². The first kappa shape index (κ1) is 21.0. The van der Waals surface area contributed by atoms with E-state index in [0.29, 0.717) is 0 Å². The van der Waals surface area contributed by atoms with Crippen molar-refractivity contribution in [2.45, 2.75) is 6.54 Å².